The van der Waals surface area contributed by atoms with E-state index >= 15 is 0 Å². The average molecular weight is 434 g/mol. The molecule has 1 heterocycles. The molecular formula is C21H43N3O6. The van der Waals surface area contributed by atoms with Crippen LogP contribution < -0.4 is 10.6 Å². The lowest BCUT2D eigenvalue weighted by molar-refractivity contribution is -0.142. The topological polar surface area (TPSA) is 109 Å². The summed E-state index contributed by atoms with van der Waals surface area (Å²) in [5, 5.41) is 15.8. The van der Waals surface area contributed by atoms with Crippen LogP contribution >= 0.6 is 0 Å². The van der Waals surface area contributed by atoms with Crippen molar-refractivity contribution in [1.29, 1.82) is 0 Å². The fourth-order valence-electron chi connectivity index (χ4n) is 2.76. The molecule has 2 amide bonds. The van der Waals surface area contributed by atoms with Crippen LogP contribution in [0.4, 0.5) is 0 Å². The highest BCUT2D eigenvalue weighted by molar-refractivity contribution is 5.88. The normalized spacial score (nSPS) is 18.3. The summed E-state index contributed by atoms with van der Waals surface area (Å²) in [5.74, 6) is -0.203. The second kappa shape index (κ2) is 18.5. The molecule has 1 fully saturated rings. The summed E-state index contributed by atoms with van der Waals surface area (Å²) in [6, 6.07) is -0.638. The third-order valence-corrected chi connectivity index (χ3v) is 4.23. The monoisotopic (exact) mass is 433 g/mol. The number of nitrogens with zero attached hydrogens (tertiary/aromatic N) is 1. The van der Waals surface area contributed by atoms with Gasteiger partial charge in [0.15, 0.2) is 0 Å². The van der Waals surface area contributed by atoms with Crippen LogP contribution in [0, 0.1) is 5.92 Å². The minimum atomic E-state index is -0.686. The molecule has 0 aromatic carbocycles. The fraction of sp³-hybridized carbons (Fsp3) is 0.905. The Hall–Kier alpha value is -1.26. The van der Waals surface area contributed by atoms with Crippen LogP contribution in [-0.2, 0) is 23.8 Å². The summed E-state index contributed by atoms with van der Waals surface area (Å²) >= 11 is 0. The maximum Gasteiger partial charge on any atom is 0.249 e. The second-order valence-corrected chi connectivity index (χ2v) is 7.22. The van der Waals surface area contributed by atoms with E-state index in [4.69, 9.17) is 14.2 Å². The molecule has 178 valence electrons. The summed E-state index contributed by atoms with van der Waals surface area (Å²) < 4.78 is 16.1. The Bertz CT molecular complexity index is 450. The number of carbonyl (C=O) groups is 2. The summed E-state index contributed by atoms with van der Waals surface area (Å²) in [6.07, 6.45) is -0.429. The lowest BCUT2D eigenvalue weighted by Gasteiger charge is -2.24. The molecule has 9 heteroatoms. The molecule has 1 rings (SSSR count). The van der Waals surface area contributed by atoms with Crippen LogP contribution in [0.1, 0.15) is 41.0 Å². The first kappa shape index (κ1) is 28.7. The molecule has 0 spiro atoms. The van der Waals surface area contributed by atoms with Crippen LogP contribution in [0.5, 0.6) is 0 Å². The Kier molecular flexibility index (Phi) is 17.7. The van der Waals surface area contributed by atoms with Crippen LogP contribution in [0.2, 0.25) is 0 Å². The largest absolute Gasteiger partial charge is 0.391 e. The van der Waals surface area contributed by atoms with Gasteiger partial charge in [-0.1, -0.05) is 34.6 Å². The van der Waals surface area contributed by atoms with Crippen molar-refractivity contribution in [1.82, 2.24) is 15.5 Å². The van der Waals surface area contributed by atoms with E-state index in [1.165, 1.54) is 4.90 Å². The summed E-state index contributed by atoms with van der Waals surface area (Å²) in [4.78, 5) is 26.0. The first-order valence-corrected chi connectivity index (χ1v) is 11.1. The fourth-order valence-corrected chi connectivity index (χ4v) is 2.76. The van der Waals surface area contributed by atoms with Gasteiger partial charge in [0, 0.05) is 26.1 Å². The molecule has 0 bridgehead atoms. The number of aliphatic hydroxyl groups is 1. The lowest BCUT2D eigenvalue weighted by atomic mass is 10.1. The molecule has 0 aliphatic carbocycles. The minimum absolute atomic E-state index is 0.136. The van der Waals surface area contributed by atoms with Crippen molar-refractivity contribution in [3.8, 4) is 0 Å². The molecule has 30 heavy (non-hydrogen) atoms. The molecule has 1 aliphatic heterocycles. The Morgan fingerprint density at radius 1 is 1.07 bits per heavy atom. The van der Waals surface area contributed by atoms with Crippen molar-refractivity contribution >= 4 is 11.8 Å². The van der Waals surface area contributed by atoms with Crippen LogP contribution in [0.15, 0.2) is 0 Å². The molecule has 1 saturated heterocycles. The summed E-state index contributed by atoms with van der Waals surface area (Å²) in [7, 11) is 0. The van der Waals surface area contributed by atoms with Gasteiger partial charge >= 0.3 is 0 Å². The predicted octanol–water partition coefficient (Wildman–Crippen LogP) is 0.406. The number of aliphatic hydroxyl groups excluding tert-OH is 1. The Morgan fingerprint density at radius 3 is 2.27 bits per heavy atom. The molecule has 0 aromatic rings. The van der Waals surface area contributed by atoms with Crippen molar-refractivity contribution in [2.24, 2.45) is 5.92 Å². The number of hydrogen-bond acceptors (Lipinski definition) is 7. The zero-order valence-electron chi connectivity index (χ0n) is 19.4. The first-order valence-electron chi connectivity index (χ1n) is 11.1. The highest BCUT2D eigenvalue weighted by atomic mass is 16.5. The molecule has 0 radical (unpaired) electrons. The van der Waals surface area contributed by atoms with E-state index in [1.54, 1.807) is 0 Å². The molecule has 2 unspecified atom stereocenters. The SMILES string of the molecule is CC.CCNCCOCCOCCOCC(=O)N1CC(O)CC1C(=O)NCC(C)C. The number of hydrogen-bond donors (Lipinski definition) is 3. The third-order valence-electron chi connectivity index (χ3n) is 4.23. The van der Waals surface area contributed by atoms with Gasteiger partial charge in [-0.25, -0.2) is 0 Å². The van der Waals surface area contributed by atoms with Gasteiger partial charge in [0.25, 0.3) is 0 Å². The number of likely N-dealkylation sites (N-methyl/N-ethyl adjacent to an activating group) is 1. The van der Waals surface area contributed by atoms with Gasteiger partial charge < -0.3 is 34.9 Å². The van der Waals surface area contributed by atoms with Gasteiger partial charge in [0.1, 0.15) is 12.6 Å². The van der Waals surface area contributed by atoms with Crippen LogP contribution in [-0.4, -0.2) is 99.8 Å². The summed E-state index contributed by atoms with van der Waals surface area (Å²) in [5.41, 5.74) is 0. The minimum Gasteiger partial charge on any atom is -0.391 e. The van der Waals surface area contributed by atoms with E-state index in [0.717, 1.165) is 13.1 Å². The van der Waals surface area contributed by atoms with Gasteiger partial charge in [-0.15, -0.1) is 0 Å². The number of ether oxygens (including phenoxy) is 3. The van der Waals surface area contributed by atoms with Crippen molar-refractivity contribution in [2.75, 3.05) is 65.8 Å². The zero-order valence-corrected chi connectivity index (χ0v) is 19.4. The number of carbonyl (C=O) groups excluding carboxylic acids is 2. The molecule has 0 aromatic heterocycles. The maximum atomic E-state index is 12.3. The number of amides is 2. The molecule has 2 atom stereocenters. The zero-order chi connectivity index (χ0) is 22.8. The molecule has 1 aliphatic rings. The predicted molar refractivity (Wildman–Crippen MR) is 116 cm³/mol. The first-order chi connectivity index (χ1) is 14.5. The van der Waals surface area contributed by atoms with E-state index < -0.39 is 12.1 Å². The van der Waals surface area contributed by atoms with E-state index in [9.17, 15) is 14.7 Å². The number of nitrogens with one attached hydrogen (secondary N) is 2. The van der Waals surface area contributed by atoms with Crippen molar-refractivity contribution < 1.29 is 28.9 Å². The van der Waals surface area contributed by atoms with Crippen molar-refractivity contribution in [2.45, 2.75) is 53.2 Å². The number of rotatable bonds is 15. The second-order valence-electron chi connectivity index (χ2n) is 7.22. The Labute approximate surface area is 181 Å². The number of likely N-dealkylation sites (tertiary alicyclic amines) is 1. The van der Waals surface area contributed by atoms with Crippen LogP contribution in [0.3, 0.4) is 0 Å². The number of β-amino-alcohol motifs (C(OH)–C–C–N with tert-alkyl or cyclic N) is 1. The summed E-state index contributed by atoms with van der Waals surface area (Å²) in [6.45, 7) is 14.6. The van der Waals surface area contributed by atoms with Crippen LogP contribution in [0.25, 0.3) is 0 Å². The highest BCUT2D eigenvalue weighted by Gasteiger charge is 2.38. The van der Waals surface area contributed by atoms with Gasteiger partial charge in [0.2, 0.25) is 11.8 Å². The van der Waals surface area contributed by atoms with E-state index in [0.29, 0.717) is 38.9 Å². The molecule has 0 saturated carbocycles. The van der Waals surface area contributed by atoms with Gasteiger partial charge in [-0.05, 0) is 12.5 Å². The van der Waals surface area contributed by atoms with Crippen molar-refractivity contribution in [3.63, 3.8) is 0 Å². The Morgan fingerprint density at radius 2 is 1.67 bits per heavy atom. The van der Waals surface area contributed by atoms with Gasteiger partial charge in [-0.2, -0.15) is 0 Å². The molecule has 3 N–H and O–H groups in total. The average Bonchev–Trinajstić information content (AvgIpc) is 3.13. The van der Waals surface area contributed by atoms with Gasteiger partial charge in [-0.3, -0.25) is 9.59 Å². The third kappa shape index (κ3) is 13.1. The van der Waals surface area contributed by atoms with E-state index in [1.807, 2.05) is 34.6 Å². The lowest BCUT2D eigenvalue weighted by Crippen LogP contribution is -2.47. The maximum absolute atomic E-state index is 12.3. The smallest absolute Gasteiger partial charge is 0.249 e. The highest BCUT2D eigenvalue weighted by Crippen LogP contribution is 2.18. The van der Waals surface area contributed by atoms with E-state index in [2.05, 4.69) is 10.6 Å². The molecule has 9 nitrogen and oxygen atoms in total. The standard InChI is InChI=1S/C19H37N3O6.C2H6/c1-4-20-5-6-26-7-8-27-9-10-28-14-18(24)22-13-16(23)11-17(22)19(25)21-12-15(2)3;1-2/h15-17,20,23H,4-14H2,1-3H3,(H,21,25);1-2H3. The van der Waals surface area contributed by atoms with Gasteiger partial charge in [0.05, 0.1) is 39.1 Å². The molecular weight excluding hydrogens is 390 g/mol. The Balaban J connectivity index is 0.00000407. The van der Waals surface area contributed by atoms with Crippen molar-refractivity contribution in [3.05, 3.63) is 0 Å². The van der Waals surface area contributed by atoms with E-state index in [-0.39, 0.29) is 38.0 Å². The quantitative estimate of drug-likeness (QED) is 0.321.